The zero-order valence-corrected chi connectivity index (χ0v) is 20.5. The largest absolute Gasteiger partial charge is 0.481 e. The molecule has 0 amide bonds. The monoisotopic (exact) mass is 503 g/mol. The van der Waals surface area contributed by atoms with Crippen LogP contribution >= 0.6 is 0 Å². The number of anilines is 1. The number of aromatic nitrogens is 1. The first-order chi connectivity index (χ1) is 16.7. The molecule has 35 heavy (non-hydrogen) atoms. The molecule has 0 fully saturated rings. The fourth-order valence-electron chi connectivity index (χ4n) is 4.13. The highest BCUT2D eigenvalue weighted by atomic mass is 32.2. The molecule has 1 unspecified atom stereocenters. The van der Waals surface area contributed by atoms with Crippen LogP contribution in [0.1, 0.15) is 44.1 Å². The molecule has 0 aliphatic carbocycles. The van der Waals surface area contributed by atoms with Crippen LogP contribution in [-0.4, -0.2) is 42.9 Å². The smallest absolute Gasteiger partial charge is 0.340 e. The number of fused-ring (bicyclic) bond motifs is 1. The second-order valence-electron chi connectivity index (χ2n) is 8.51. The van der Waals surface area contributed by atoms with Crippen molar-refractivity contribution >= 4 is 32.7 Å². The zero-order chi connectivity index (χ0) is 25.4. The van der Waals surface area contributed by atoms with Gasteiger partial charge in [-0.25, -0.2) is 9.36 Å². The molecule has 2 aromatic heterocycles. The van der Waals surface area contributed by atoms with Gasteiger partial charge in [-0.1, -0.05) is 12.5 Å². The van der Waals surface area contributed by atoms with E-state index in [1.54, 1.807) is 41.2 Å². The van der Waals surface area contributed by atoms with E-state index < -0.39 is 33.4 Å². The number of rotatable bonds is 13. The highest BCUT2D eigenvalue weighted by Crippen LogP contribution is 2.25. The lowest BCUT2D eigenvalue weighted by molar-refractivity contribution is -0.699. The first kappa shape index (κ1) is 26.4. The van der Waals surface area contributed by atoms with Gasteiger partial charge in [-0.15, -0.1) is 0 Å². The van der Waals surface area contributed by atoms with Crippen LogP contribution in [0.15, 0.2) is 64.1 Å². The number of hydrogen-bond acceptors (Lipinski definition) is 6. The maximum absolute atomic E-state index is 12.9. The maximum atomic E-state index is 12.9. The molecule has 0 spiro atoms. The fourth-order valence-corrected chi connectivity index (χ4v) is 4.92. The molecule has 0 saturated carbocycles. The van der Waals surface area contributed by atoms with Crippen molar-refractivity contribution in [3.05, 3.63) is 70.8 Å². The molecule has 0 saturated heterocycles. The van der Waals surface area contributed by atoms with Gasteiger partial charge in [0.1, 0.15) is 5.58 Å². The Morgan fingerprint density at radius 3 is 2.51 bits per heavy atom. The number of pyridine rings is 1. The molecule has 2 heterocycles. The van der Waals surface area contributed by atoms with Crippen molar-refractivity contribution in [2.24, 2.45) is 0 Å². The Bertz CT molecular complexity index is 1310. The quantitative estimate of drug-likeness (QED) is 0.157. The summed E-state index contributed by atoms with van der Waals surface area (Å²) in [4.78, 5) is 25.7. The number of hydrogen-bond donors (Lipinski definition) is 2. The van der Waals surface area contributed by atoms with E-state index in [1.807, 2.05) is 25.1 Å². The van der Waals surface area contributed by atoms with Gasteiger partial charge in [0.2, 0.25) is 0 Å². The maximum Gasteiger partial charge on any atom is 0.340 e. The van der Waals surface area contributed by atoms with E-state index in [1.165, 1.54) is 0 Å². The summed E-state index contributed by atoms with van der Waals surface area (Å²) in [6.07, 6.45) is 5.96. The minimum Gasteiger partial charge on any atom is -0.481 e. The van der Waals surface area contributed by atoms with Crippen LogP contribution in [-0.2, 0) is 21.5 Å². The Balaban J connectivity index is 1.84. The van der Waals surface area contributed by atoms with E-state index in [-0.39, 0.29) is 18.5 Å². The summed E-state index contributed by atoms with van der Waals surface area (Å²) in [5.74, 6) is -2.19. The summed E-state index contributed by atoms with van der Waals surface area (Å²) in [5.41, 5.74) is 0.809. The van der Waals surface area contributed by atoms with Crippen molar-refractivity contribution in [3.8, 4) is 0 Å². The number of aliphatic carboxylic acids is 1. The summed E-state index contributed by atoms with van der Waals surface area (Å²) in [7, 11) is -4.33. The number of carboxylic acids is 1. The van der Waals surface area contributed by atoms with E-state index in [2.05, 4.69) is 4.90 Å². The number of unbranched alkanes of at least 4 members (excludes halogenated alkanes) is 2. The minimum atomic E-state index is -4.33. The van der Waals surface area contributed by atoms with Crippen molar-refractivity contribution in [3.63, 3.8) is 0 Å². The van der Waals surface area contributed by atoms with Gasteiger partial charge in [0.25, 0.3) is 10.1 Å². The van der Waals surface area contributed by atoms with E-state index in [0.717, 1.165) is 31.6 Å². The second kappa shape index (κ2) is 11.9. The highest BCUT2D eigenvalue weighted by Gasteiger charge is 2.27. The van der Waals surface area contributed by atoms with Crippen LogP contribution < -0.4 is 15.1 Å². The summed E-state index contributed by atoms with van der Waals surface area (Å²) in [6.45, 7) is 3.68. The lowest BCUT2D eigenvalue weighted by Gasteiger charge is -2.23. The predicted octanol–water partition coefficient (Wildman–Crippen LogP) is 3.22. The Hall–Kier alpha value is -3.24. The van der Waals surface area contributed by atoms with Crippen LogP contribution in [0.2, 0.25) is 0 Å². The average Bonchev–Trinajstić information content (AvgIpc) is 2.80. The van der Waals surface area contributed by atoms with Crippen LogP contribution in [0.5, 0.6) is 0 Å². The van der Waals surface area contributed by atoms with Gasteiger partial charge < -0.3 is 14.4 Å². The molecule has 188 valence electrons. The van der Waals surface area contributed by atoms with Crippen LogP contribution in [0, 0.1) is 0 Å². The summed E-state index contributed by atoms with van der Waals surface area (Å²) >= 11 is 0. The van der Waals surface area contributed by atoms with E-state index in [4.69, 9.17) is 9.52 Å². The molecule has 0 radical (unpaired) electrons. The summed E-state index contributed by atoms with van der Waals surface area (Å²) < 4.78 is 40.2. The van der Waals surface area contributed by atoms with Gasteiger partial charge in [0.15, 0.2) is 18.9 Å². The van der Waals surface area contributed by atoms with Crippen molar-refractivity contribution in [2.75, 3.05) is 23.7 Å². The highest BCUT2D eigenvalue weighted by molar-refractivity contribution is 7.85. The van der Waals surface area contributed by atoms with Crippen LogP contribution in [0.3, 0.4) is 0 Å². The topological polar surface area (TPSA) is 129 Å². The lowest BCUT2D eigenvalue weighted by Crippen LogP contribution is -2.39. The second-order valence-corrected chi connectivity index (χ2v) is 10.0. The summed E-state index contributed by atoms with van der Waals surface area (Å²) in [5, 5.41) is 9.41. The fraction of sp³-hybridized carbons (Fsp3) is 0.400. The normalized spacial score (nSPS) is 12.5. The molecule has 0 aliphatic rings. The van der Waals surface area contributed by atoms with Crippen molar-refractivity contribution in [1.29, 1.82) is 0 Å². The van der Waals surface area contributed by atoms with Gasteiger partial charge in [-0.3, -0.25) is 9.35 Å². The molecule has 9 nitrogen and oxygen atoms in total. The lowest BCUT2D eigenvalue weighted by atomic mass is 10.0. The predicted molar refractivity (Wildman–Crippen MR) is 132 cm³/mol. The van der Waals surface area contributed by atoms with Crippen molar-refractivity contribution in [2.45, 2.75) is 45.1 Å². The van der Waals surface area contributed by atoms with Gasteiger partial charge in [0.05, 0.1) is 11.7 Å². The van der Waals surface area contributed by atoms with E-state index in [0.29, 0.717) is 17.4 Å². The molecular weight excluding hydrogens is 472 g/mol. The van der Waals surface area contributed by atoms with Crippen molar-refractivity contribution in [1.82, 2.24) is 0 Å². The molecule has 1 aromatic carbocycles. The standard InChI is InChI=1S/C25H30N2O7S/c1-2-27(14-8-3-5-9-24(28)29)21-11-10-19-15-22(25(30)34-23(19)16-21)20(18-35(31,32)33)17-26-12-6-4-7-13-26/h4,6-7,10-13,15-16,20H,2-3,5,8-9,14,17-18H2,1H3,(H-,28,29,31,32,33)/p+1. The molecular formula is C25H31N2O7S+. The Kier molecular flexibility index (Phi) is 9.00. The number of carboxylic acid groups (broad SMARTS) is 1. The van der Waals surface area contributed by atoms with E-state index in [9.17, 15) is 22.6 Å². The first-order valence-electron chi connectivity index (χ1n) is 11.6. The van der Waals surface area contributed by atoms with Gasteiger partial charge in [-0.05, 0) is 38.0 Å². The molecule has 1 atom stereocenters. The van der Waals surface area contributed by atoms with E-state index >= 15 is 0 Å². The Labute approximate surface area is 204 Å². The number of carbonyl (C=O) groups is 1. The molecule has 0 aliphatic heterocycles. The Morgan fingerprint density at radius 1 is 1.11 bits per heavy atom. The van der Waals surface area contributed by atoms with Crippen LogP contribution in [0.25, 0.3) is 11.0 Å². The third-order valence-corrected chi connectivity index (χ3v) is 6.70. The molecule has 10 heteroatoms. The third-order valence-electron chi connectivity index (χ3n) is 5.87. The van der Waals surface area contributed by atoms with Gasteiger partial charge in [-0.2, -0.15) is 8.42 Å². The summed E-state index contributed by atoms with van der Waals surface area (Å²) in [6, 6.07) is 12.6. The molecule has 0 bridgehead atoms. The minimum absolute atomic E-state index is 0.164. The zero-order valence-electron chi connectivity index (χ0n) is 19.7. The third kappa shape index (κ3) is 7.90. The number of benzene rings is 1. The Morgan fingerprint density at radius 2 is 1.86 bits per heavy atom. The van der Waals surface area contributed by atoms with Gasteiger partial charge in [0, 0.05) is 54.3 Å². The van der Waals surface area contributed by atoms with Gasteiger partial charge >= 0.3 is 11.6 Å². The number of nitrogens with zero attached hydrogens (tertiary/aromatic N) is 2. The first-order valence-corrected chi connectivity index (χ1v) is 13.2. The molecule has 2 N–H and O–H groups in total. The SMILES string of the molecule is CCN(CCCCCC(=O)O)c1ccc2cc(C(C[n+]3ccccc3)CS(=O)(=O)O)c(=O)oc2c1. The molecule has 3 rings (SSSR count). The van der Waals surface area contributed by atoms with Crippen molar-refractivity contribution < 1.29 is 31.9 Å². The van der Waals surface area contributed by atoms with Crippen LogP contribution in [0.4, 0.5) is 5.69 Å². The molecule has 3 aromatic rings. The average molecular weight is 504 g/mol.